The van der Waals surface area contributed by atoms with Crippen molar-refractivity contribution in [2.24, 2.45) is 0 Å². The van der Waals surface area contributed by atoms with Crippen LogP contribution in [0.5, 0.6) is 0 Å². The van der Waals surface area contributed by atoms with Gasteiger partial charge in [-0.15, -0.1) is 11.3 Å². The topological polar surface area (TPSA) is 24.9 Å². The minimum Gasteiger partial charge on any atom is -0.309 e. The normalized spacial score (nSPS) is 12.6. The minimum absolute atomic E-state index is 0.296. The van der Waals surface area contributed by atoms with Gasteiger partial charge in [-0.25, -0.2) is 4.98 Å². The average molecular weight is 311 g/mol. The van der Waals surface area contributed by atoms with Crippen molar-refractivity contribution in [3.05, 3.63) is 50.9 Å². The van der Waals surface area contributed by atoms with Gasteiger partial charge in [-0.1, -0.05) is 41.1 Å². The molecule has 1 aromatic carbocycles. The number of rotatable bonds is 5. The third kappa shape index (κ3) is 3.37. The Balaban J connectivity index is 2.16. The third-order valence-corrected chi connectivity index (χ3v) is 4.02. The molecule has 1 unspecified atom stereocenters. The zero-order chi connectivity index (χ0) is 12.1. The van der Waals surface area contributed by atoms with Gasteiger partial charge in [-0.05, 0) is 24.6 Å². The first-order valence-corrected chi connectivity index (χ1v) is 7.39. The highest BCUT2D eigenvalue weighted by molar-refractivity contribution is 9.10. The lowest BCUT2D eigenvalue weighted by Crippen LogP contribution is -2.23. The van der Waals surface area contributed by atoms with Crippen LogP contribution in [-0.4, -0.2) is 11.5 Å². The van der Waals surface area contributed by atoms with Crippen LogP contribution in [-0.2, 0) is 6.42 Å². The van der Waals surface area contributed by atoms with Crippen LogP contribution in [0.1, 0.15) is 24.2 Å². The van der Waals surface area contributed by atoms with E-state index in [9.17, 15) is 0 Å². The van der Waals surface area contributed by atoms with Gasteiger partial charge in [0.25, 0.3) is 0 Å². The Morgan fingerprint density at radius 3 is 2.88 bits per heavy atom. The molecule has 0 spiro atoms. The Kier molecular flexibility index (Phi) is 4.71. The molecule has 1 atom stereocenters. The number of hydrogen-bond donors (Lipinski definition) is 1. The average Bonchev–Trinajstić information content (AvgIpc) is 2.85. The maximum Gasteiger partial charge on any atom is 0.0795 e. The van der Waals surface area contributed by atoms with Crippen molar-refractivity contribution in [2.45, 2.75) is 19.4 Å². The van der Waals surface area contributed by atoms with Crippen molar-refractivity contribution >= 4 is 27.3 Å². The molecule has 0 amide bonds. The van der Waals surface area contributed by atoms with Crippen molar-refractivity contribution in [3.63, 3.8) is 0 Å². The Labute approximate surface area is 114 Å². The van der Waals surface area contributed by atoms with Gasteiger partial charge in [-0.3, -0.25) is 0 Å². The van der Waals surface area contributed by atoms with Gasteiger partial charge in [0.2, 0.25) is 0 Å². The lowest BCUT2D eigenvalue weighted by atomic mass is 10.0. The van der Waals surface area contributed by atoms with E-state index in [1.54, 1.807) is 11.3 Å². The summed E-state index contributed by atoms with van der Waals surface area (Å²) in [6.07, 6.45) is 0.957. The summed E-state index contributed by atoms with van der Waals surface area (Å²) in [6, 6.07) is 8.65. The first kappa shape index (κ1) is 12.7. The maximum atomic E-state index is 4.40. The second kappa shape index (κ2) is 6.28. The molecule has 4 heteroatoms. The van der Waals surface area contributed by atoms with E-state index in [0.717, 1.165) is 23.1 Å². The van der Waals surface area contributed by atoms with E-state index < -0.39 is 0 Å². The molecule has 0 radical (unpaired) electrons. The molecule has 17 heavy (non-hydrogen) atoms. The van der Waals surface area contributed by atoms with E-state index in [4.69, 9.17) is 0 Å². The van der Waals surface area contributed by atoms with E-state index in [0.29, 0.717) is 6.04 Å². The number of likely N-dealkylation sites (N-methyl/N-ethyl adjacent to an activating group) is 1. The smallest absolute Gasteiger partial charge is 0.0795 e. The van der Waals surface area contributed by atoms with E-state index in [1.807, 2.05) is 11.6 Å². The highest BCUT2D eigenvalue weighted by Gasteiger charge is 2.14. The van der Waals surface area contributed by atoms with Crippen LogP contribution in [0.2, 0.25) is 0 Å². The van der Waals surface area contributed by atoms with Crippen molar-refractivity contribution in [1.29, 1.82) is 0 Å². The minimum atomic E-state index is 0.296. The molecule has 0 aliphatic carbocycles. The lowest BCUT2D eigenvalue weighted by molar-refractivity contribution is 0.538. The summed E-state index contributed by atoms with van der Waals surface area (Å²) in [5.74, 6) is 0. The van der Waals surface area contributed by atoms with Gasteiger partial charge >= 0.3 is 0 Å². The number of nitrogens with one attached hydrogen (secondary N) is 1. The SMILES string of the molecule is CCNC(Cc1ccccc1Br)c1cscn1. The fourth-order valence-electron chi connectivity index (χ4n) is 1.81. The number of benzene rings is 1. The number of nitrogens with zero attached hydrogens (tertiary/aromatic N) is 1. The van der Waals surface area contributed by atoms with Crippen LogP contribution >= 0.6 is 27.3 Å². The fraction of sp³-hybridized carbons (Fsp3) is 0.308. The summed E-state index contributed by atoms with van der Waals surface area (Å²) in [5, 5.41) is 5.60. The van der Waals surface area contributed by atoms with Gasteiger partial charge in [0.15, 0.2) is 0 Å². The van der Waals surface area contributed by atoms with E-state index in [2.05, 4.69) is 56.7 Å². The van der Waals surface area contributed by atoms with Crippen LogP contribution in [0.15, 0.2) is 39.6 Å². The Morgan fingerprint density at radius 1 is 1.41 bits per heavy atom. The molecule has 2 nitrogen and oxygen atoms in total. The Morgan fingerprint density at radius 2 is 2.24 bits per heavy atom. The van der Waals surface area contributed by atoms with Crippen molar-refractivity contribution in [2.75, 3.05) is 6.54 Å². The monoisotopic (exact) mass is 310 g/mol. The summed E-state index contributed by atoms with van der Waals surface area (Å²) in [5.41, 5.74) is 4.33. The summed E-state index contributed by atoms with van der Waals surface area (Å²) in [7, 11) is 0. The van der Waals surface area contributed by atoms with Crippen LogP contribution in [0.3, 0.4) is 0 Å². The molecule has 0 aliphatic rings. The summed E-state index contributed by atoms with van der Waals surface area (Å²) >= 11 is 5.24. The molecule has 0 aliphatic heterocycles. The summed E-state index contributed by atoms with van der Waals surface area (Å²) in [4.78, 5) is 4.40. The Hall–Kier alpha value is -0.710. The summed E-state index contributed by atoms with van der Waals surface area (Å²) < 4.78 is 1.16. The molecule has 0 saturated heterocycles. The van der Waals surface area contributed by atoms with Crippen LogP contribution < -0.4 is 5.32 Å². The van der Waals surface area contributed by atoms with E-state index >= 15 is 0 Å². The highest BCUT2D eigenvalue weighted by Crippen LogP contribution is 2.23. The largest absolute Gasteiger partial charge is 0.309 e. The fourth-order valence-corrected chi connectivity index (χ4v) is 2.86. The van der Waals surface area contributed by atoms with E-state index in [-0.39, 0.29) is 0 Å². The molecule has 2 rings (SSSR count). The Bertz CT molecular complexity index is 456. The molecule has 1 aromatic heterocycles. The van der Waals surface area contributed by atoms with Crippen molar-refractivity contribution in [3.8, 4) is 0 Å². The first-order valence-electron chi connectivity index (χ1n) is 5.66. The van der Waals surface area contributed by atoms with Gasteiger partial charge < -0.3 is 5.32 Å². The van der Waals surface area contributed by atoms with E-state index in [1.165, 1.54) is 5.56 Å². The van der Waals surface area contributed by atoms with Crippen LogP contribution in [0, 0.1) is 0 Å². The predicted molar refractivity (Wildman–Crippen MR) is 76.4 cm³/mol. The first-order chi connectivity index (χ1) is 8.31. The lowest BCUT2D eigenvalue weighted by Gasteiger charge is -2.16. The second-order valence-corrected chi connectivity index (χ2v) is 5.39. The second-order valence-electron chi connectivity index (χ2n) is 3.82. The molecule has 0 bridgehead atoms. The quantitative estimate of drug-likeness (QED) is 0.908. The number of halogens is 1. The standard InChI is InChI=1S/C13H15BrN2S/c1-2-15-12(13-8-17-9-16-13)7-10-5-3-4-6-11(10)14/h3-6,8-9,12,15H,2,7H2,1H3. The number of hydrogen-bond acceptors (Lipinski definition) is 3. The molecule has 1 heterocycles. The number of aromatic nitrogens is 1. The summed E-state index contributed by atoms with van der Waals surface area (Å²) in [6.45, 7) is 3.08. The van der Waals surface area contributed by atoms with Crippen molar-refractivity contribution < 1.29 is 0 Å². The molecule has 0 saturated carbocycles. The zero-order valence-corrected chi connectivity index (χ0v) is 12.1. The van der Waals surface area contributed by atoms with Crippen LogP contribution in [0.25, 0.3) is 0 Å². The predicted octanol–water partition coefficient (Wildman–Crippen LogP) is 3.80. The maximum absolute atomic E-state index is 4.40. The van der Waals surface area contributed by atoms with Crippen molar-refractivity contribution in [1.82, 2.24) is 10.3 Å². The molecule has 1 N–H and O–H groups in total. The van der Waals surface area contributed by atoms with Gasteiger partial charge in [-0.2, -0.15) is 0 Å². The third-order valence-electron chi connectivity index (χ3n) is 2.64. The molecular formula is C13H15BrN2S. The zero-order valence-electron chi connectivity index (χ0n) is 9.69. The highest BCUT2D eigenvalue weighted by atomic mass is 79.9. The van der Waals surface area contributed by atoms with Gasteiger partial charge in [0.05, 0.1) is 17.2 Å². The molecular weight excluding hydrogens is 296 g/mol. The molecule has 90 valence electrons. The van der Waals surface area contributed by atoms with Gasteiger partial charge in [0.1, 0.15) is 0 Å². The molecule has 0 fully saturated rings. The van der Waals surface area contributed by atoms with Gasteiger partial charge in [0, 0.05) is 9.85 Å². The van der Waals surface area contributed by atoms with Crippen LogP contribution in [0.4, 0.5) is 0 Å². The number of thiazole rings is 1. The molecule has 2 aromatic rings.